The van der Waals surface area contributed by atoms with E-state index in [1.54, 1.807) is 6.20 Å². The number of rotatable bonds is 6. The lowest BCUT2D eigenvalue weighted by Gasteiger charge is -2.14. The minimum absolute atomic E-state index is 0.0242. The molecule has 0 aliphatic carbocycles. The third-order valence-corrected chi connectivity index (χ3v) is 3.51. The summed E-state index contributed by atoms with van der Waals surface area (Å²) in [6, 6.07) is 0.254. The van der Waals surface area contributed by atoms with Crippen LogP contribution in [0.25, 0.3) is 0 Å². The Morgan fingerprint density at radius 2 is 2.06 bits per heavy atom. The van der Waals surface area contributed by atoms with E-state index in [2.05, 4.69) is 18.8 Å². The Morgan fingerprint density at radius 3 is 2.53 bits per heavy atom. The number of aromatic nitrogens is 2. The summed E-state index contributed by atoms with van der Waals surface area (Å²) in [5.41, 5.74) is 0. The highest BCUT2D eigenvalue weighted by Gasteiger charge is 2.18. The van der Waals surface area contributed by atoms with Gasteiger partial charge in [0.25, 0.3) is 10.0 Å². The second-order valence-corrected chi connectivity index (χ2v) is 5.84. The highest BCUT2D eigenvalue weighted by molar-refractivity contribution is 7.89. The van der Waals surface area contributed by atoms with Crippen LogP contribution in [0.15, 0.2) is 11.2 Å². The number of aryl methyl sites for hydroxylation is 1. The van der Waals surface area contributed by atoms with Gasteiger partial charge in [0.05, 0.1) is 0 Å². The van der Waals surface area contributed by atoms with E-state index in [0.29, 0.717) is 0 Å². The third kappa shape index (κ3) is 3.54. The van der Waals surface area contributed by atoms with E-state index in [-0.39, 0.29) is 11.1 Å². The lowest BCUT2D eigenvalue weighted by molar-refractivity contribution is 0.480. The number of primary sulfonamides is 1. The summed E-state index contributed by atoms with van der Waals surface area (Å²) in [4.78, 5) is 4.12. The Balaban J connectivity index is 3.13. The smallest absolute Gasteiger partial charge is 0.257 e. The standard InChI is InChI=1S/C11H21N3O2S/c1-4-6-9(3)14-8-11(17(12,15)16)13-10(14)7-5-2/h8-9H,4-7H2,1-3H3,(H2,12,15,16). The maximum absolute atomic E-state index is 11.3. The van der Waals surface area contributed by atoms with Crippen LogP contribution in [-0.2, 0) is 16.4 Å². The molecule has 17 heavy (non-hydrogen) atoms. The predicted molar refractivity (Wildman–Crippen MR) is 67.2 cm³/mol. The molecule has 0 aliphatic heterocycles. The molecule has 1 aromatic rings. The number of nitrogens with zero attached hydrogens (tertiary/aromatic N) is 2. The van der Waals surface area contributed by atoms with Crippen molar-refractivity contribution in [2.24, 2.45) is 5.14 Å². The minimum Gasteiger partial charge on any atom is -0.331 e. The van der Waals surface area contributed by atoms with E-state index in [0.717, 1.165) is 31.5 Å². The molecule has 0 aromatic carbocycles. The number of nitrogens with two attached hydrogens (primary N) is 1. The molecule has 1 aromatic heterocycles. The molecule has 0 saturated carbocycles. The Hall–Kier alpha value is -0.880. The van der Waals surface area contributed by atoms with E-state index in [1.807, 2.05) is 11.5 Å². The highest BCUT2D eigenvalue weighted by atomic mass is 32.2. The van der Waals surface area contributed by atoms with E-state index < -0.39 is 10.0 Å². The van der Waals surface area contributed by atoms with Crippen LogP contribution in [0.1, 0.15) is 51.9 Å². The van der Waals surface area contributed by atoms with Gasteiger partial charge >= 0.3 is 0 Å². The maximum Gasteiger partial charge on any atom is 0.257 e. The van der Waals surface area contributed by atoms with Crippen LogP contribution < -0.4 is 5.14 Å². The summed E-state index contributed by atoms with van der Waals surface area (Å²) in [6.45, 7) is 6.21. The molecule has 0 bridgehead atoms. The van der Waals surface area contributed by atoms with Crippen LogP contribution in [0, 0.1) is 0 Å². The summed E-state index contributed by atoms with van der Waals surface area (Å²) in [5, 5.41) is 5.08. The molecule has 0 radical (unpaired) electrons. The van der Waals surface area contributed by atoms with Crippen molar-refractivity contribution in [3.63, 3.8) is 0 Å². The molecule has 1 atom stereocenters. The molecule has 6 heteroatoms. The van der Waals surface area contributed by atoms with E-state index in [9.17, 15) is 8.42 Å². The number of hydrogen-bond donors (Lipinski definition) is 1. The van der Waals surface area contributed by atoms with Gasteiger partial charge in [-0.15, -0.1) is 0 Å². The van der Waals surface area contributed by atoms with Crippen molar-refractivity contribution in [3.05, 3.63) is 12.0 Å². The van der Waals surface area contributed by atoms with E-state index in [4.69, 9.17) is 5.14 Å². The molecule has 0 amide bonds. The lowest BCUT2D eigenvalue weighted by atomic mass is 10.2. The summed E-state index contributed by atoms with van der Waals surface area (Å²) in [7, 11) is -3.70. The molecule has 1 rings (SSSR count). The number of hydrogen-bond acceptors (Lipinski definition) is 3. The van der Waals surface area contributed by atoms with Gasteiger partial charge in [0.2, 0.25) is 0 Å². The maximum atomic E-state index is 11.3. The zero-order chi connectivity index (χ0) is 13.1. The zero-order valence-electron chi connectivity index (χ0n) is 10.7. The van der Waals surface area contributed by atoms with Gasteiger partial charge in [-0.25, -0.2) is 18.5 Å². The van der Waals surface area contributed by atoms with Crippen LogP contribution in [-0.4, -0.2) is 18.0 Å². The highest BCUT2D eigenvalue weighted by Crippen LogP contribution is 2.19. The van der Waals surface area contributed by atoms with Crippen molar-refractivity contribution in [2.75, 3.05) is 0 Å². The quantitative estimate of drug-likeness (QED) is 0.846. The summed E-state index contributed by atoms with van der Waals surface area (Å²) < 4.78 is 24.5. The Labute approximate surface area is 103 Å². The number of imidazole rings is 1. The molecular formula is C11H21N3O2S. The van der Waals surface area contributed by atoms with Crippen molar-refractivity contribution in [3.8, 4) is 0 Å². The zero-order valence-corrected chi connectivity index (χ0v) is 11.5. The van der Waals surface area contributed by atoms with Gasteiger partial charge in [-0.2, -0.15) is 0 Å². The SMILES string of the molecule is CCCc1nc(S(N)(=O)=O)cn1C(C)CCC. The Morgan fingerprint density at radius 1 is 1.41 bits per heavy atom. The molecule has 2 N–H and O–H groups in total. The van der Waals surface area contributed by atoms with Gasteiger partial charge in [0.1, 0.15) is 5.82 Å². The van der Waals surface area contributed by atoms with Crippen molar-refractivity contribution < 1.29 is 8.42 Å². The summed E-state index contributed by atoms with van der Waals surface area (Å²) in [6.07, 6.45) is 5.30. The fourth-order valence-electron chi connectivity index (χ4n) is 1.89. The second kappa shape index (κ2) is 5.64. The molecule has 0 fully saturated rings. The first-order valence-electron chi connectivity index (χ1n) is 6.00. The predicted octanol–water partition coefficient (Wildman–Crippen LogP) is 1.84. The molecule has 0 spiro atoms. The van der Waals surface area contributed by atoms with Crippen molar-refractivity contribution in [1.82, 2.24) is 9.55 Å². The first-order chi connectivity index (χ1) is 7.90. The van der Waals surface area contributed by atoms with Crippen LogP contribution in [0.5, 0.6) is 0 Å². The third-order valence-electron chi connectivity index (χ3n) is 2.73. The van der Waals surface area contributed by atoms with Crippen LogP contribution in [0.4, 0.5) is 0 Å². The molecular weight excluding hydrogens is 238 g/mol. The van der Waals surface area contributed by atoms with Crippen LogP contribution in [0.2, 0.25) is 0 Å². The monoisotopic (exact) mass is 259 g/mol. The summed E-state index contributed by atoms with van der Waals surface area (Å²) >= 11 is 0. The van der Waals surface area contributed by atoms with Gasteiger partial charge in [-0.1, -0.05) is 20.3 Å². The summed E-state index contributed by atoms with van der Waals surface area (Å²) in [5.74, 6) is 0.803. The fourth-order valence-corrected chi connectivity index (χ4v) is 2.38. The molecule has 98 valence electrons. The number of sulfonamides is 1. The molecule has 1 unspecified atom stereocenters. The van der Waals surface area contributed by atoms with Crippen LogP contribution in [0.3, 0.4) is 0 Å². The molecule has 0 saturated heterocycles. The van der Waals surface area contributed by atoms with Crippen LogP contribution >= 0.6 is 0 Å². The van der Waals surface area contributed by atoms with Gasteiger partial charge in [0, 0.05) is 18.7 Å². The molecule has 0 aliphatic rings. The lowest BCUT2D eigenvalue weighted by Crippen LogP contribution is -2.12. The van der Waals surface area contributed by atoms with E-state index in [1.165, 1.54) is 0 Å². The molecule has 5 nitrogen and oxygen atoms in total. The molecule has 1 heterocycles. The Bertz CT molecular complexity index is 465. The fraction of sp³-hybridized carbons (Fsp3) is 0.727. The average molecular weight is 259 g/mol. The first-order valence-corrected chi connectivity index (χ1v) is 7.55. The average Bonchev–Trinajstić information content (AvgIpc) is 2.62. The van der Waals surface area contributed by atoms with Crippen molar-refractivity contribution >= 4 is 10.0 Å². The van der Waals surface area contributed by atoms with Gasteiger partial charge in [-0.05, 0) is 19.8 Å². The van der Waals surface area contributed by atoms with Gasteiger partial charge in [0.15, 0.2) is 5.03 Å². The second-order valence-electron chi connectivity index (χ2n) is 4.34. The van der Waals surface area contributed by atoms with Gasteiger partial charge < -0.3 is 4.57 Å². The van der Waals surface area contributed by atoms with Gasteiger partial charge in [-0.3, -0.25) is 0 Å². The first kappa shape index (κ1) is 14.2. The Kier molecular flexibility index (Phi) is 4.70. The topological polar surface area (TPSA) is 78.0 Å². The van der Waals surface area contributed by atoms with E-state index >= 15 is 0 Å². The van der Waals surface area contributed by atoms with Crippen molar-refractivity contribution in [2.45, 2.75) is 57.5 Å². The normalized spacial score (nSPS) is 13.9. The van der Waals surface area contributed by atoms with Crippen molar-refractivity contribution in [1.29, 1.82) is 0 Å². The minimum atomic E-state index is -3.70. The largest absolute Gasteiger partial charge is 0.331 e.